The van der Waals surface area contributed by atoms with Gasteiger partial charge in [0.25, 0.3) is 0 Å². The third kappa shape index (κ3) is 3.90. The summed E-state index contributed by atoms with van der Waals surface area (Å²) >= 11 is 1.37. The molecule has 2 aromatic carbocycles. The van der Waals surface area contributed by atoms with Crippen LogP contribution < -0.4 is 0 Å². The van der Waals surface area contributed by atoms with Gasteiger partial charge in [0.05, 0.1) is 11.1 Å². The molecule has 4 aliphatic carbocycles. The molecule has 4 saturated carbocycles. The van der Waals surface area contributed by atoms with Crippen LogP contribution in [0.3, 0.4) is 0 Å². The maximum absolute atomic E-state index is 13.2. The van der Waals surface area contributed by atoms with Crippen molar-refractivity contribution in [1.29, 1.82) is 5.26 Å². The van der Waals surface area contributed by atoms with Crippen molar-refractivity contribution in [2.45, 2.75) is 48.3 Å². The molecule has 6 rings (SSSR count). The molecule has 31 heavy (non-hydrogen) atoms. The summed E-state index contributed by atoms with van der Waals surface area (Å²) < 4.78 is 5.55. The van der Waals surface area contributed by atoms with Crippen LogP contribution in [0.5, 0.6) is 0 Å². The van der Waals surface area contributed by atoms with Gasteiger partial charge in [0, 0.05) is 15.2 Å². The van der Waals surface area contributed by atoms with Gasteiger partial charge >= 0.3 is 5.97 Å². The summed E-state index contributed by atoms with van der Waals surface area (Å²) in [5.41, 5.74) is 0.737. The first-order valence-corrected chi connectivity index (χ1v) is 11.8. The summed E-state index contributed by atoms with van der Waals surface area (Å²) in [5.74, 6) is 1.69. The number of ether oxygens (including phenoxy) is 1. The Hall–Kier alpha value is -2.58. The molecule has 5 heteroatoms. The van der Waals surface area contributed by atoms with E-state index in [9.17, 15) is 14.9 Å². The van der Waals surface area contributed by atoms with E-state index in [2.05, 4.69) is 6.07 Å². The van der Waals surface area contributed by atoms with Crippen LogP contribution in [0.15, 0.2) is 58.3 Å². The molecule has 0 unspecified atom stereocenters. The van der Waals surface area contributed by atoms with Gasteiger partial charge in [-0.2, -0.15) is 5.26 Å². The summed E-state index contributed by atoms with van der Waals surface area (Å²) in [4.78, 5) is 27.6. The Morgan fingerprint density at radius 2 is 1.52 bits per heavy atom. The Balaban J connectivity index is 1.28. The summed E-state index contributed by atoms with van der Waals surface area (Å²) in [5, 5.41) is 9.34. The first-order chi connectivity index (χ1) is 15.1. The quantitative estimate of drug-likeness (QED) is 0.553. The Morgan fingerprint density at radius 3 is 2.16 bits per heavy atom. The largest absolute Gasteiger partial charge is 0.454 e. The molecular formula is C26H25NO3S. The lowest BCUT2D eigenvalue weighted by molar-refractivity contribution is -0.147. The Kier molecular flexibility index (Phi) is 5.35. The molecule has 0 atom stereocenters. The van der Waals surface area contributed by atoms with Crippen molar-refractivity contribution in [2.75, 3.05) is 6.61 Å². The summed E-state index contributed by atoms with van der Waals surface area (Å²) in [7, 11) is 0. The summed E-state index contributed by atoms with van der Waals surface area (Å²) in [6, 6.07) is 16.7. The molecule has 4 nitrogen and oxygen atoms in total. The van der Waals surface area contributed by atoms with E-state index in [4.69, 9.17) is 4.74 Å². The molecule has 0 heterocycles. The van der Waals surface area contributed by atoms with Crippen molar-refractivity contribution in [3.05, 3.63) is 59.7 Å². The number of carbonyl (C=O) groups excluding carboxylic acids is 2. The molecule has 4 bridgehead atoms. The van der Waals surface area contributed by atoms with E-state index in [0.29, 0.717) is 28.9 Å². The molecule has 2 aromatic rings. The van der Waals surface area contributed by atoms with Crippen LogP contribution >= 0.6 is 11.8 Å². The predicted octanol–water partition coefficient (Wildman–Crippen LogP) is 5.65. The van der Waals surface area contributed by atoms with Gasteiger partial charge in [0.2, 0.25) is 0 Å². The fraction of sp³-hybridized carbons (Fsp3) is 0.423. The van der Waals surface area contributed by atoms with Gasteiger partial charge < -0.3 is 4.74 Å². The van der Waals surface area contributed by atoms with Gasteiger partial charge in [-0.3, -0.25) is 4.79 Å². The van der Waals surface area contributed by atoms with Crippen LogP contribution in [0.2, 0.25) is 0 Å². The van der Waals surface area contributed by atoms with E-state index in [1.54, 1.807) is 18.2 Å². The van der Waals surface area contributed by atoms with Gasteiger partial charge in [-0.15, -0.1) is 0 Å². The van der Waals surface area contributed by atoms with Crippen molar-refractivity contribution in [1.82, 2.24) is 0 Å². The second-order valence-electron chi connectivity index (χ2n) is 9.40. The van der Waals surface area contributed by atoms with E-state index in [-0.39, 0.29) is 17.8 Å². The average molecular weight is 432 g/mol. The van der Waals surface area contributed by atoms with Crippen LogP contribution in [-0.2, 0) is 9.53 Å². The molecule has 4 fully saturated rings. The van der Waals surface area contributed by atoms with Crippen LogP contribution in [0.4, 0.5) is 0 Å². The molecule has 158 valence electrons. The SMILES string of the molecule is N#Cc1ccccc1Sc1ccccc1C(=O)OCC(=O)C12CC3CC(CC(C3)C1)C2. The second kappa shape index (κ2) is 8.16. The number of rotatable bonds is 6. The van der Waals surface area contributed by atoms with Crippen LogP contribution in [-0.4, -0.2) is 18.4 Å². The van der Waals surface area contributed by atoms with Crippen LogP contribution in [0, 0.1) is 34.5 Å². The van der Waals surface area contributed by atoms with E-state index in [1.807, 2.05) is 30.3 Å². The zero-order chi connectivity index (χ0) is 21.4. The lowest BCUT2D eigenvalue weighted by Gasteiger charge is -2.55. The highest BCUT2D eigenvalue weighted by Crippen LogP contribution is 2.60. The lowest BCUT2D eigenvalue weighted by atomic mass is 9.48. The smallest absolute Gasteiger partial charge is 0.339 e. The van der Waals surface area contributed by atoms with Gasteiger partial charge in [0.15, 0.2) is 12.4 Å². The third-order valence-corrected chi connectivity index (χ3v) is 8.45. The average Bonchev–Trinajstić information content (AvgIpc) is 2.77. The highest BCUT2D eigenvalue weighted by molar-refractivity contribution is 7.99. The molecule has 0 aromatic heterocycles. The topological polar surface area (TPSA) is 67.2 Å². The number of hydrogen-bond acceptors (Lipinski definition) is 5. The van der Waals surface area contributed by atoms with E-state index in [0.717, 1.165) is 29.1 Å². The number of ketones is 1. The van der Waals surface area contributed by atoms with Crippen LogP contribution in [0.1, 0.15) is 54.4 Å². The van der Waals surface area contributed by atoms with Crippen LogP contribution in [0.25, 0.3) is 0 Å². The molecule has 0 spiro atoms. The van der Waals surface area contributed by atoms with E-state index >= 15 is 0 Å². The number of nitriles is 1. The minimum Gasteiger partial charge on any atom is -0.454 e. The number of carbonyl (C=O) groups is 2. The van der Waals surface area contributed by atoms with Crippen molar-refractivity contribution >= 4 is 23.5 Å². The zero-order valence-electron chi connectivity index (χ0n) is 17.4. The van der Waals surface area contributed by atoms with Gasteiger partial charge in [0.1, 0.15) is 6.07 Å². The molecule has 0 saturated heterocycles. The number of Topliss-reactive ketones (excluding diaryl/α,β-unsaturated/α-hetero) is 1. The molecular weight excluding hydrogens is 406 g/mol. The van der Waals surface area contributed by atoms with Gasteiger partial charge in [-0.1, -0.05) is 36.0 Å². The Morgan fingerprint density at radius 1 is 0.935 bits per heavy atom. The van der Waals surface area contributed by atoms with Gasteiger partial charge in [-0.25, -0.2) is 4.79 Å². The lowest BCUT2D eigenvalue weighted by Crippen LogP contribution is -2.51. The van der Waals surface area contributed by atoms with Crippen molar-refractivity contribution < 1.29 is 14.3 Å². The minimum atomic E-state index is -0.476. The van der Waals surface area contributed by atoms with E-state index < -0.39 is 5.97 Å². The number of esters is 1. The fourth-order valence-corrected chi connectivity index (χ4v) is 7.32. The molecule has 0 N–H and O–H groups in total. The molecule has 4 aliphatic rings. The van der Waals surface area contributed by atoms with E-state index in [1.165, 1.54) is 31.0 Å². The monoisotopic (exact) mass is 431 g/mol. The highest BCUT2D eigenvalue weighted by atomic mass is 32.2. The van der Waals surface area contributed by atoms with Crippen molar-refractivity contribution in [2.24, 2.45) is 23.2 Å². The Bertz CT molecular complexity index is 1040. The van der Waals surface area contributed by atoms with Crippen molar-refractivity contribution in [3.63, 3.8) is 0 Å². The van der Waals surface area contributed by atoms with Crippen molar-refractivity contribution in [3.8, 4) is 6.07 Å². The fourth-order valence-electron chi connectivity index (χ4n) is 6.30. The first kappa shape index (κ1) is 20.3. The first-order valence-electron chi connectivity index (χ1n) is 11.0. The summed E-state index contributed by atoms with van der Waals surface area (Å²) in [6.07, 6.45) is 6.77. The number of benzene rings is 2. The number of nitrogens with zero attached hydrogens (tertiary/aromatic N) is 1. The maximum atomic E-state index is 13.2. The predicted molar refractivity (Wildman–Crippen MR) is 118 cm³/mol. The Labute approximate surface area is 187 Å². The zero-order valence-corrected chi connectivity index (χ0v) is 18.2. The highest BCUT2D eigenvalue weighted by Gasteiger charge is 2.54. The number of hydrogen-bond donors (Lipinski definition) is 0. The second-order valence-corrected chi connectivity index (χ2v) is 10.5. The standard InChI is InChI=1S/C26H25NO3S/c27-15-20-5-1-3-7-22(20)31-23-8-4-2-6-21(23)25(29)30-16-24(28)26-12-17-9-18(13-26)11-19(10-17)14-26/h1-8,17-19H,9-14,16H2. The normalized spacial score (nSPS) is 28.2. The molecule has 0 amide bonds. The third-order valence-electron chi connectivity index (χ3n) is 7.30. The maximum Gasteiger partial charge on any atom is 0.339 e. The molecule has 0 aliphatic heterocycles. The molecule has 0 radical (unpaired) electrons. The summed E-state index contributed by atoms with van der Waals surface area (Å²) in [6.45, 7) is -0.140. The minimum absolute atomic E-state index is 0.111. The van der Waals surface area contributed by atoms with Gasteiger partial charge in [-0.05, 0) is 80.5 Å².